The number of carbonyl (C=O) groups is 5. The van der Waals surface area contributed by atoms with Gasteiger partial charge in [-0.25, -0.2) is 4.79 Å². The van der Waals surface area contributed by atoms with E-state index in [0.717, 1.165) is 27.7 Å². The summed E-state index contributed by atoms with van der Waals surface area (Å²) in [6, 6.07) is -7.65. The van der Waals surface area contributed by atoms with E-state index in [4.69, 9.17) is 75.8 Å². The molecule has 684 valence electrons. The van der Waals surface area contributed by atoms with Gasteiger partial charge in [0.15, 0.2) is 44.0 Å². The Bertz CT molecular complexity index is 3160. The summed E-state index contributed by atoms with van der Waals surface area (Å²) < 4.78 is 93.1. The van der Waals surface area contributed by atoms with E-state index in [0.29, 0.717) is 0 Å². The van der Waals surface area contributed by atoms with Crippen LogP contribution < -0.4 is 21.3 Å². The molecule has 118 heavy (non-hydrogen) atoms. The van der Waals surface area contributed by atoms with Crippen molar-refractivity contribution >= 4 is 29.6 Å². The number of hydrogen-bond acceptors (Lipinski definition) is 48. The van der Waals surface area contributed by atoms with Crippen molar-refractivity contribution in [3.05, 3.63) is 0 Å². The van der Waals surface area contributed by atoms with Gasteiger partial charge in [-0.1, -0.05) is 0 Å². The molecule has 8 fully saturated rings. The number of rotatable bonds is 36. The predicted molar refractivity (Wildman–Crippen MR) is 363 cm³/mol. The van der Waals surface area contributed by atoms with E-state index in [1.54, 1.807) is 0 Å². The summed E-state index contributed by atoms with van der Waals surface area (Å²) in [6.07, 6.45) is -87.2. The number of aliphatic carboxylic acids is 1. The van der Waals surface area contributed by atoms with Crippen LogP contribution in [-0.2, 0) is 99.8 Å². The average Bonchev–Trinajstić information content (AvgIpc) is 0.766. The van der Waals surface area contributed by atoms with Crippen LogP contribution in [0.5, 0.6) is 0 Å². The highest BCUT2D eigenvalue weighted by molar-refractivity contribution is 5.77. The summed E-state index contributed by atoms with van der Waals surface area (Å²) >= 11 is 0. The number of amides is 4. The van der Waals surface area contributed by atoms with Crippen LogP contribution in [-0.4, -0.2) is 514 Å². The molecule has 0 saturated carbocycles. The number of hydrogen-bond donors (Lipinski definition) is 32. The largest absolute Gasteiger partial charge is 0.477 e. The minimum atomic E-state index is -3.27. The Kier molecular flexibility index (Phi) is 36.5. The van der Waals surface area contributed by atoms with Gasteiger partial charge in [-0.15, -0.1) is 0 Å². The molecule has 8 rings (SSSR count). The normalized spacial score (nSPS) is 44.7. The maximum Gasteiger partial charge on any atom is 0.364 e. The number of carboxylic acids is 1. The average molecular weight is 1730 g/mol. The highest BCUT2D eigenvalue weighted by atomic mass is 16.8. The molecule has 8 heterocycles. The lowest BCUT2D eigenvalue weighted by Crippen LogP contribution is -2.71. The Morgan fingerprint density at radius 1 is 0.347 bits per heavy atom. The SMILES string of the molecule is CC(=O)N[C@H]1[C@H](O[C@H]2[C@@H](O)[C@@H](CO)O[C@@H](O[C@@H]([C@H](O)[C@@H](O)CO)[C@H](O)CO)[C@@H]2O)O[C@H](CO)[C@@H](O[C@@H]2O[C@H](CO)[C@H](O)[C@H](O[C@@H]3O[C@H](CO)[C@@H](O[C@@H]4O[C@H](CO)[C@H](O)[C@H](O[C@@H]5O[C@H](CO)[C@@H](O[C@@H]6O[C@H](CO)[C@H](O)[C@H](O[C@]7(C(=O)O)C[C@H](O)[C@@H](NC(C)=O)[C@H]([C@H](O)[C@H](O)CO)O7)[C@H]6O)[C@H](O)[C@H]5NC(C)=O)[C@H]4O)[C@H](O)[C@H]3NC(C)=O)[C@H]2O)[C@@H]1O. The Labute approximate surface area is 667 Å². The third-order valence-corrected chi connectivity index (χ3v) is 21.0. The molecule has 53 nitrogen and oxygen atoms in total. The van der Waals surface area contributed by atoms with Gasteiger partial charge in [0.1, 0.15) is 213 Å². The van der Waals surface area contributed by atoms with Crippen molar-refractivity contribution < 1.29 is 243 Å². The molecular weight excluding hydrogens is 1620 g/mol. The van der Waals surface area contributed by atoms with Crippen LogP contribution in [0.15, 0.2) is 0 Å². The van der Waals surface area contributed by atoms with Crippen molar-refractivity contribution in [3.63, 3.8) is 0 Å². The lowest BCUT2D eigenvalue weighted by atomic mass is 9.88. The van der Waals surface area contributed by atoms with Crippen molar-refractivity contribution in [2.75, 3.05) is 66.1 Å². The predicted octanol–water partition coefficient (Wildman–Crippen LogP) is -21.2. The molecule has 0 aliphatic carbocycles. The van der Waals surface area contributed by atoms with Crippen molar-refractivity contribution in [3.8, 4) is 0 Å². The monoisotopic (exact) mass is 1730 g/mol. The molecule has 8 aliphatic heterocycles. The standard InChI is InChI=1S/C65H110N4O49/c1-16(80)66-31-20(84)5-65(64(101)102,117-52(31)36(89)22(86)7-71)118-56-40(93)27(12-76)106-63(47(56)100)113-51-30(15-79)109-59(34(43(51)96)69-19(4)83)116-55-39(92)26(11-75)105-62(46(55)99)112-50-29(14-78)108-58(33(42(50)95)68-18(3)82)115-54-38(91)25(10-74)104-61(45(54)98)111-49-28(13-77)107-57(32(41(49)94)67-17(2)81)114-53-37(90)24(9-73)103-60(44(53)97)110-48(23(87)8-72)35(88)21(85)6-70/h20-63,70-79,84-100H,5-15H2,1-4H3,(H,66,80)(H,67,81)(H,68,82)(H,69,83)(H,101,102)/t20-,21-,22+,23+,24+,25+,26+,27+,28+,29+,30+,31+,32+,33+,34+,35+,36+,37-,38-,39-,40-,41+,42+,43+,44+,45+,46+,47+,48+,49+,50+,51+,52+,53-,54-,55-,56-,57-,58-,59-,60-,61-,62-,63-,65-/m0/s1. The molecule has 45 atom stereocenters. The first kappa shape index (κ1) is 99.1. The second kappa shape index (κ2) is 43.5. The van der Waals surface area contributed by atoms with E-state index in [2.05, 4.69) is 21.3 Å². The number of carbonyl (C=O) groups excluding carboxylic acids is 4. The Morgan fingerprint density at radius 3 is 0.932 bits per heavy atom. The zero-order valence-corrected chi connectivity index (χ0v) is 63.3. The molecule has 8 saturated heterocycles. The molecule has 0 aromatic rings. The molecule has 0 unspecified atom stereocenters. The molecule has 8 aliphatic rings. The zero-order chi connectivity index (χ0) is 87.7. The highest BCUT2D eigenvalue weighted by Crippen LogP contribution is 2.42. The summed E-state index contributed by atoms with van der Waals surface area (Å²) in [5, 5.41) is 317. The highest BCUT2D eigenvalue weighted by Gasteiger charge is 2.63. The van der Waals surface area contributed by atoms with Gasteiger partial charge in [0, 0.05) is 34.1 Å². The molecule has 32 N–H and O–H groups in total. The van der Waals surface area contributed by atoms with E-state index >= 15 is 0 Å². The van der Waals surface area contributed by atoms with Gasteiger partial charge >= 0.3 is 5.97 Å². The molecular formula is C65H110N4O49. The van der Waals surface area contributed by atoms with Gasteiger partial charge < -0.3 is 240 Å². The van der Waals surface area contributed by atoms with Crippen LogP contribution in [0, 0.1) is 0 Å². The van der Waals surface area contributed by atoms with E-state index in [9.17, 15) is 167 Å². The van der Waals surface area contributed by atoms with Crippen LogP contribution >= 0.6 is 0 Å². The molecule has 4 amide bonds. The molecule has 0 radical (unpaired) electrons. The lowest BCUT2D eigenvalue weighted by molar-refractivity contribution is -0.392. The van der Waals surface area contributed by atoms with Crippen LogP contribution in [0.3, 0.4) is 0 Å². The Balaban J connectivity index is 0.988. The first-order valence-corrected chi connectivity index (χ1v) is 37.2. The fourth-order valence-corrected chi connectivity index (χ4v) is 14.9. The van der Waals surface area contributed by atoms with Gasteiger partial charge in [-0.3, -0.25) is 19.2 Å². The second-order valence-electron chi connectivity index (χ2n) is 29.3. The minimum Gasteiger partial charge on any atom is -0.477 e. The van der Waals surface area contributed by atoms with Crippen LogP contribution in [0.4, 0.5) is 0 Å². The van der Waals surface area contributed by atoms with Gasteiger partial charge in [0.2, 0.25) is 23.6 Å². The number of aliphatic hydroxyl groups excluding tert-OH is 27. The van der Waals surface area contributed by atoms with Crippen molar-refractivity contribution in [2.45, 2.75) is 310 Å². The number of carboxylic acid groups (broad SMARTS) is 1. The summed E-state index contributed by atoms with van der Waals surface area (Å²) in [4.78, 5) is 64.1. The number of ether oxygens (including phenoxy) is 16. The van der Waals surface area contributed by atoms with Crippen molar-refractivity contribution in [2.24, 2.45) is 0 Å². The maximum absolute atomic E-state index is 13.2. The van der Waals surface area contributed by atoms with Gasteiger partial charge in [0.05, 0.1) is 78.2 Å². The van der Waals surface area contributed by atoms with Gasteiger partial charge in [-0.05, 0) is 0 Å². The summed E-state index contributed by atoms with van der Waals surface area (Å²) in [5.74, 6) is -9.19. The van der Waals surface area contributed by atoms with Crippen molar-refractivity contribution in [1.82, 2.24) is 21.3 Å². The fraction of sp³-hybridized carbons (Fsp3) is 0.923. The van der Waals surface area contributed by atoms with E-state index in [1.807, 2.05) is 0 Å². The maximum atomic E-state index is 13.2. The van der Waals surface area contributed by atoms with E-state index in [-0.39, 0.29) is 0 Å². The molecule has 0 bridgehead atoms. The van der Waals surface area contributed by atoms with Crippen LogP contribution in [0.2, 0.25) is 0 Å². The summed E-state index contributed by atoms with van der Waals surface area (Å²) in [6.45, 7) is -7.96. The van der Waals surface area contributed by atoms with Gasteiger partial charge in [-0.2, -0.15) is 0 Å². The Morgan fingerprint density at radius 2 is 0.627 bits per heavy atom. The molecule has 0 aromatic heterocycles. The number of nitrogens with one attached hydrogen (secondary N) is 4. The molecule has 53 heteroatoms. The molecule has 0 aromatic carbocycles. The first-order valence-electron chi connectivity index (χ1n) is 37.2. The Hall–Kier alpha value is -4.37. The van der Waals surface area contributed by atoms with E-state index in [1.165, 1.54) is 0 Å². The second-order valence-corrected chi connectivity index (χ2v) is 29.3. The topological polar surface area (TPSA) is 848 Å². The van der Waals surface area contributed by atoms with Gasteiger partial charge in [0.25, 0.3) is 5.79 Å². The quantitative estimate of drug-likeness (QED) is 0.0277. The summed E-state index contributed by atoms with van der Waals surface area (Å²) in [5.41, 5.74) is 0. The molecule has 0 spiro atoms. The number of aliphatic hydroxyl groups is 27. The third kappa shape index (κ3) is 22.1. The van der Waals surface area contributed by atoms with E-state index < -0.39 is 378 Å². The lowest BCUT2D eigenvalue weighted by Gasteiger charge is -2.51. The van der Waals surface area contributed by atoms with Crippen molar-refractivity contribution in [1.29, 1.82) is 0 Å². The zero-order valence-electron chi connectivity index (χ0n) is 63.3. The minimum absolute atomic E-state index is 0.864. The summed E-state index contributed by atoms with van der Waals surface area (Å²) in [7, 11) is 0. The first-order chi connectivity index (χ1) is 55.7. The van der Waals surface area contributed by atoms with Crippen LogP contribution in [0.1, 0.15) is 34.1 Å². The smallest absolute Gasteiger partial charge is 0.364 e. The van der Waals surface area contributed by atoms with Crippen LogP contribution in [0.25, 0.3) is 0 Å². The third-order valence-electron chi connectivity index (χ3n) is 21.0. The fourth-order valence-electron chi connectivity index (χ4n) is 14.9.